The standard InChI is InChI=1S/C22H29N3OS/c1-5-6-12-27-22-20-18(15-25(22)14-17-10-8-7-9-11-17)19(13-16(2)3)23-24(4)21(20)26/h7-11,15-16H,5-6,12-14H2,1-4H3. The van der Waals surface area contributed by atoms with E-state index < -0.39 is 0 Å². The van der Waals surface area contributed by atoms with E-state index in [9.17, 15) is 4.79 Å². The van der Waals surface area contributed by atoms with Gasteiger partial charge in [-0.25, -0.2) is 4.68 Å². The summed E-state index contributed by atoms with van der Waals surface area (Å²) in [6, 6.07) is 10.4. The summed E-state index contributed by atoms with van der Waals surface area (Å²) < 4.78 is 3.75. The lowest BCUT2D eigenvalue weighted by molar-refractivity contribution is 0.605. The Morgan fingerprint density at radius 2 is 1.93 bits per heavy atom. The number of hydrogen-bond donors (Lipinski definition) is 0. The minimum absolute atomic E-state index is 0.00307. The van der Waals surface area contributed by atoms with E-state index in [1.165, 1.54) is 10.2 Å². The second-order valence-corrected chi connectivity index (χ2v) is 8.60. The van der Waals surface area contributed by atoms with Gasteiger partial charge in [0.05, 0.1) is 16.1 Å². The molecule has 3 aromatic rings. The maximum Gasteiger partial charge on any atom is 0.277 e. The van der Waals surface area contributed by atoms with Crippen LogP contribution in [0.4, 0.5) is 0 Å². The maximum atomic E-state index is 13.0. The van der Waals surface area contributed by atoms with E-state index in [4.69, 9.17) is 0 Å². The Morgan fingerprint density at radius 3 is 2.59 bits per heavy atom. The van der Waals surface area contributed by atoms with E-state index >= 15 is 0 Å². The van der Waals surface area contributed by atoms with Crippen LogP contribution in [-0.2, 0) is 20.0 Å². The monoisotopic (exact) mass is 383 g/mol. The van der Waals surface area contributed by atoms with Crippen molar-refractivity contribution in [3.63, 3.8) is 0 Å². The predicted molar refractivity (Wildman–Crippen MR) is 115 cm³/mol. The van der Waals surface area contributed by atoms with E-state index in [2.05, 4.69) is 60.9 Å². The molecule has 1 aromatic carbocycles. The van der Waals surface area contributed by atoms with Crippen LogP contribution in [0.25, 0.3) is 10.8 Å². The van der Waals surface area contributed by atoms with Gasteiger partial charge >= 0.3 is 0 Å². The molecule has 0 aliphatic carbocycles. The van der Waals surface area contributed by atoms with Crippen molar-refractivity contribution in [1.82, 2.24) is 14.3 Å². The Morgan fingerprint density at radius 1 is 1.19 bits per heavy atom. The molecular formula is C22H29N3OS. The van der Waals surface area contributed by atoms with E-state index in [0.29, 0.717) is 5.92 Å². The molecule has 0 unspecified atom stereocenters. The van der Waals surface area contributed by atoms with Crippen molar-refractivity contribution in [1.29, 1.82) is 0 Å². The molecule has 3 rings (SSSR count). The molecule has 2 heterocycles. The summed E-state index contributed by atoms with van der Waals surface area (Å²) in [5, 5.41) is 7.51. The van der Waals surface area contributed by atoms with Crippen LogP contribution in [0.1, 0.15) is 44.9 Å². The lowest BCUT2D eigenvalue weighted by Gasteiger charge is -2.10. The summed E-state index contributed by atoms with van der Waals surface area (Å²) in [7, 11) is 1.76. The summed E-state index contributed by atoms with van der Waals surface area (Å²) in [4.78, 5) is 13.0. The van der Waals surface area contributed by atoms with Crippen molar-refractivity contribution in [2.75, 3.05) is 5.75 Å². The number of thioether (sulfide) groups is 1. The first kappa shape index (κ1) is 19.7. The molecule has 0 bridgehead atoms. The largest absolute Gasteiger partial charge is 0.337 e. The summed E-state index contributed by atoms with van der Waals surface area (Å²) in [6.45, 7) is 7.35. The van der Waals surface area contributed by atoms with Gasteiger partial charge in [-0.05, 0) is 30.1 Å². The molecule has 0 saturated heterocycles. The Labute approximate surface area is 165 Å². The summed E-state index contributed by atoms with van der Waals surface area (Å²) >= 11 is 1.80. The topological polar surface area (TPSA) is 39.8 Å². The third kappa shape index (κ3) is 4.46. The van der Waals surface area contributed by atoms with Gasteiger partial charge < -0.3 is 4.57 Å². The second-order valence-electron chi connectivity index (χ2n) is 7.51. The highest BCUT2D eigenvalue weighted by molar-refractivity contribution is 7.99. The fraction of sp³-hybridized carbons (Fsp3) is 0.455. The van der Waals surface area contributed by atoms with Crippen molar-refractivity contribution in [2.24, 2.45) is 13.0 Å². The zero-order valence-corrected chi connectivity index (χ0v) is 17.6. The van der Waals surface area contributed by atoms with Crippen LogP contribution in [-0.4, -0.2) is 20.1 Å². The summed E-state index contributed by atoms with van der Waals surface area (Å²) in [5.74, 6) is 1.52. The normalized spacial score (nSPS) is 11.6. The van der Waals surface area contributed by atoms with Crippen LogP contribution >= 0.6 is 11.8 Å². The van der Waals surface area contributed by atoms with Gasteiger partial charge in [-0.1, -0.05) is 57.5 Å². The number of fused-ring (bicyclic) bond motifs is 1. The lowest BCUT2D eigenvalue weighted by Crippen LogP contribution is -2.22. The molecule has 5 heteroatoms. The lowest BCUT2D eigenvalue weighted by atomic mass is 10.1. The van der Waals surface area contributed by atoms with Crippen LogP contribution in [0.2, 0.25) is 0 Å². The quantitative estimate of drug-likeness (QED) is 0.411. The average Bonchev–Trinajstić information content (AvgIpc) is 2.99. The SMILES string of the molecule is CCCCSc1c2c(=O)n(C)nc(CC(C)C)c2cn1Cc1ccccc1. The number of aryl methyl sites for hydroxylation is 1. The first-order valence-electron chi connectivity index (χ1n) is 9.77. The van der Waals surface area contributed by atoms with Crippen molar-refractivity contribution in [2.45, 2.75) is 51.6 Å². The van der Waals surface area contributed by atoms with Crippen molar-refractivity contribution >= 4 is 22.5 Å². The van der Waals surface area contributed by atoms with Gasteiger partial charge in [-0.2, -0.15) is 5.10 Å². The third-order valence-electron chi connectivity index (χ3n) is 4.65. The summed E-state index contributed by atoms with van der Waals surface area (Å²) in [6.07, 6.45) is 5.32. The van der Waals surface area contributed by atoms with Gasteiger partial charge in [0.2, 0.25) is 0 Å². The highest BCUT2D eigenvalue weighted by atomic mass is 32.2. The van der Waals surface area contributed by atoms with Gasteiger partial charge in [0.25, 0.3) is 5.56 Å². The van der Waals surface area contributed by atoms with Crippen LogP contribution in [0.15, 0.2) is 46.3 Å². The molecule has 27 heavy (non-hydrogen) atoms. The fourth-order valence-electron chi connectivity index (χ4n) is 3.31. The van der Waals surface area contributed by atoms with Crippen LogP contribution < -0.4 is 5.56 Å². The number of hydrogen-bond acceptors (Lipinski definition) is 3. The maximum absolute atomic E-state index is 13.0. The van der Waals surface area contributed by atoms with Gasteiger partial charge in [0.15, 0.2) is 0 Å². The van der Waals surface area contributed by atoms with E-state index in [0.717, 1.165) is 53.1 Å². The van der Waals surface area contributed by atoms with Crippen molar-refractivity contribution < 1.29 is 0 Å². The first-order chi connectivity index (χ1) is 13.0. The van der Waals surface area contributed by atoms with Crippen molar-refractivity contribution in [3.05, 3.63) is 58.1 Å². The Hall–Kier alpha value is -2.01. The van der Waals surface area contributed by atoms with E-state index in [-0.39, 0.29) is 5.56 Å². The van der Waals surface area contributed by atoms with E-state index in [1.54, 1.807) is 18.8 Å². The van der Waals surface area contributed by atoms with Crippen molar-refractivity contribution in [3.8, 4) is 0 Å². The average molecular weight is 384 g/mol. The highest BCUT2D eigenvalue weighted by Gasteiger charge is 2.19. The van der Waals surface area contributed by atoms with Crippen LogP contribution in [0, 0.1) is 5.92 Å². The number of rotatable bonds is 8. The molecule has 2 aromatic heterocycles. The number of aromatic nitrogens is 3. The Bertz CT molecular complexity index is 957. The predicted octanol–water partition coefficient (Wildman–Crippen LogP) is 4.87. The second kappa shape index (κ2) is 8.79. The highest BCUT2D eigenvalue weighted by Crippen LogP contribution is 2.31. The minimum Gasteiger partial charge on any atom is -0.337 e. The smallest absolute Gasteiger partial charge is 0.277 e. The molecule has 4 nitrogen and oxygen atoms in total. The molecule has 0 radical (unpaired) electrons. The molecular weight excluding hydrogens is 354 g/mol. The van der Waals surface area contributed by atoms with Gasteiger partial charge in [-0.15, -0.1) is 11.8 Å². The minimum atomic E-state index is 0.00307. The molecule has 0 saturated carbocycles. The van der Waals surface area contributed by atoms with Gasteiger partial charge in [0, 0.05) is 25.2 Å². The number of nitrogens with zero attached hydrogens (tertiary/aromatic N) is 3. The molecule has 0 amide bonds. The molecule has 0 aliphatic rings. The molecule has 0 spiro atoms. The Kier molecular flexibility index (Phi) is 6.42. The zero-order chi connectivity index (χ0) is 19.4. The number of unbranched alkanes of at least 4 members (excludes halogenated alkanes) is 1. The Balaban J connectivity index is 2.15. The number of benzene rings is 1. The van der Waals surface area contributed by atoms with Gasteiger partial charge in [0.1, 0.15) is 0 Å². The summed E-state index contributed by atoms with van der Waals surface area (Å²) in [5.41, 5.74) is 2.26. The molecule has 144 valence electrons. The van der Waals surface area contributed by atoms with Crippen LogP contribution in [0.5, 0.6) is 0 Å². The van der Waals surface area contributed by atoms with Crippen LogP contribution in [0.3, 0.4) is 0 Å². The van der Waals surface area contributed by atoms with E-state index in [1.807, 2.05) is 6.07 Å². The first-order valence-corrected chi connectivity index (χ1v) is 10.8. The fourth-order valence-corrected chi connectivity index (χ4v) is 4.56. The molecule has 0 aliphatic heterocycles. The zero-order valence-electron chi connectivity index (χ0n) is 16.7. The molecule has 0 fully saturated rings. The van der Waals surface area contributed by atoms with Gasteiger partial charge in [-0.3, -0.25) is 4.79 Å². The molecule has 0 atom stereocenters. The third-order valence-corrected chi connectivity index (χ3v) is 5.86. The molecule has 0 N–H and O–H groups in total.